The van der Waals surface area contributed by atoms with E-state index < -0.39 is 0 Å². The maximum Gasteiger partial charge on any atom is 0.227 e. The molecule has 5 heteroatoms. The lowest BCUT2D eigenvalue weighted by molar-refractivity contribution is -0.117. The van der Waals surface area contributed by atoms with E-state index in [9.17, 15) is 4.79 Å². The van der Waals surface area contributed by atoms with Crippen LogP contribution in [-0.4, -0.2) is 23.1 Å². The largest absolute Gasteiger partial charge is 0.357 e. The zero-order valence-electron chi connectivity index (χ0n) is 14.7. The second-order valence-electron chi connectivity index (χ2n) is 7.35. The molecule has 1 heterocycles. The highest BCUT2D eigenvalue weighted by Gasteiger charge is 2.27. The first kappa shape index (κ1) is 17.2. The number of nitrogens with zero attached hydrogens (tertiary/aromatic N) is 1. The molecule has 24 heavy (non-hydrogen) atoms. The third kappa shape index (κ3) is 3.89. The number of benzene rings is 1. The molecule has 0 atom stereocenters. The van der Waals surface area contributed by atoms with Crippen molar-refractivity contribution in [2.45, 2.75) is 64.3 Å². The Morgan fingerprint density at radius 3 is 2.62 bits per heavy atom. The van der Waals surface area contributed by atoms with Gasteiger partial charge in [0.05, 0.1) is 0 Å². The summed E-state index contributed by atoms with van der Waals surface area (Å²) >= 11 is 5.52. The van der Waals surface area contributed by atoms with Gasteiger partial charge in [-0.2, -0.15) is 0 Å². The number of hydrogen-bond acceptors (Lipinski definition) is 2. The highest BCUT2D eigenvalue weighted by Crippen LogP contribution is 2.29. The van der Waals surface area contributed by atoms with Crippen LogP contribution in [0.2, 0.25) is 0 Å². The molecule has 1 amide bonds. The summed E-state index contributed by atoms with van der Waals surface area (Å²) in [6, 6.07) is 6.11. The summed E-state index contributed by atoms with van der Waals surface area (Å²) in [6.45, 7) is 5.11. The van der Waals surface area contributed by atoms with Crippen LogP contribution >= 0.6 is 12.2 Å². The number of amides is 1. The van der Waals surface area contributed by atoms with Crippen molar-refractivity contribution >= 4 is 34.6 Å². The van der Waals surface area contributed by atoms with Crippen LogP contribution in [0.25, 0.3) is 0 Å². The van der Waals surface area contributed by atoms with Crippen molar-refractivity contribution in [2.75, 3.05) is 16.8 Å². The molecule has 2 fully saturated rings. The van der Waals surface area contributed by atoms with Gasteiger partial charge in [0.2, 0.25) is 5.91 Å². The molecule has 0 aromatic heterocycles. The molecule has 1 saturated carbocycles. The summed E-state index contributed by atoms with van der Waals surface area (Å²) < 4.78 is 0. The molecule has 0 spiro atoms. The van der Waals surface area contributed by atoms with E-state index in [1.165, 1.54) is 19.3 Å². The molecular formula is C19H27N3OS. The third-order valence-corrected chi connectivity index (χ3v) is 5.41. The highest BCUT2D eigenvalue weighted by molar-refractivity contribution is 7.80. The maximum atomic E-state index is 12.0. The Balaban J connectivity index is 1.68. The van der Waals surface area contributed by atoms with Gasteiger partial charge < -0.3 is 15.5 Å². The van der Waals surface area contributed by atoms with Gasteiger partial charge in [-0.05, 0) is 63.0 Å². The number of thiocarbonyl (C=S) groups is 1. The van der Waals surface area contributed by atoms with E-state index >= 15 is 0 Å². The quantitative estimate of drug-likeness (QED) is 0.809. The fourth-order valence-corrected chi connectivity index (χ4v) is 4.14. The Morgan fingerprint density at radius 1 is 1.21 bits per heavy atom. The number of carbonyl (C=O) groups is 1. The molecule has 1 aliphatic heterocycles. The molecule has 1 aromatic carbocycles. The maximum absolute atomic E-state index is 12.0. The molecule has 2 aliphatic rings. The zero-order chi connectivity index (χ0) is 17.2. The van der Waals surface area contributed by atoms with Crippen molar-refractivity contribution in [2.24, 2.45) is 0 Å². The van der Waals surface area contributed by atoms with Crippen LogP contribution in [0.1, 0.15) is 57.4 Å². The van der Waals surface area contributed by atoms with Gasteiger partial charge >= 0.3 is 0 Å². The average Bonchev–Trinajstić information content (AvgIpc) is 2.95. The van der Waals surface area contributed by atoms with Gasteiger partial charge in [-0.3, -0.25) is 4.79 Å². The lowest BCUT2D eigenvalue weighted by Gasteiger charge is -2.35. The summed E-state index contributed by atoms with van der Waals surface area (Å²) in [5.74, 6) is 0.214. The van der Waals surface area contributed by atoms with E-state index in [0.29, 0.717) is 11.5 Å². The van der Waals surface area contributed by atoms with E-state index in [0.717, 1.165) is 42.7 Å². The Kier molecular flexibility index (Phi) is 5.09. The number of rotatable bonds is 3. The summed E-state index contributed by atoms with van der Waals surface area (Å²) in [5.41, 5.74) is 3.15. The molecule has 130 valence electrons. The zero-order valence-corrected chi connectivity index (χ0v) is 15.5. The van der Waals surface area contributed by atoms with Crippen LogP contribution in [0.4, 0.5) is 11.4 Å². The Labute approximate surface area is 150 Å². The second-order valence-corrected chi connectivity index (χ2v) is 7.76. The molecule has 3 rings (SSSR count). The standard InChI is InChI=1S/C19H27N3OS/c1-14-8-9-15(13-16(14)22-12-6-7-17(22)23)20-18(24)21-19(2)10-4-3-5-11-19/h8-9,13H,3-7,10-12H2,1-2H3,(H2,20,21,24). The van der Waals surface area contributed by atoms with Gasteiger partial charge in [0.25, 0.3) is 0 Å². The minimum Gasteiger partial charge on any atom is -0.357 e. The fraction of sp³-hybridized carbons (Fsp3) is 0.579. The van der Waals surface area contributed by atoms with Gasteiger partial charge in [0.1, 0.15) is 0 Å². The SMILES string of the molecule is Cc1ccc(NC(=S)NC2(C)CCCCC2)cc1N1CCCC1=O. The summed E-state index contributed by atoms with van der Waals surface area (Å²) in [7, 11) is 0. The molecule has 2 N–H and O–H groups in total. The van der Waals surface area contributed by atoms with Gasteiger partial charge in [-0.1, -0.05) is 25.3 Å². The van der Waals surface area contributed by atoms with Crippen LogP contribution in [0.3, 0.4) is 0 Å². The van der Waals surface area contributed by atoms with E-state index in [4.69, 9.17) is 12.2 Å². The first-order valence-electron chi connectivity index (χ1n) is 8.97. The predicted molar refractivity (Wildman–Crippen MR) is 104 cm³/mol. The van der Waals surface area contributed by atoms with Gasteiger partial charge in [-0.25, -0.2) is 0 Å². The average molecular weight is 346 g/mol. The van der Waals surface area contributed by atoms with Gasteiger partial charge in [0, 0.05) is 29.9 Å². The third-order valence-electron chi connectivity index (χ3n) is 5.20. The summed E-state index contributed by atoms with van der Waals surface area (Å²) in [6.07, 6.45) is 7.76. The number of aryl methyl sites for hydroxylation is 1. The second kappa shape index (κ2) is 7.09. The highest BCUT2D eigenvalue weighted by atomic mass is 32.1. The van der Waals surface area contributed by atoms with Crippen molar-refractivity contribution in [3.63, 3.8) is 0 Å². The van der Waals surface area contributed by atoms with Gasteiger partial charge in [0.15, 0.2) is 5.11 Å². The fourth-order valence-electron chi connectivity index (χ4n) is 3.77. The smallest absolute Gasteiger partial charge is 0.227 e. The number of hydrogen-bond donors (Lipinski definition) is 2. The van der Waals surface area contributed by atoms with E-state index in [-0.39, 0.29) is 11.4 Å². The van der Waals surface area contributed by atoms with Crippen molar-refractivity contribution in [1.82, 2.24) is 5.32 Å². The first-order chi connectivity index (χ1) is 11.5. The Bertz CT molecular complexity index is 637. The topological polar surface area (TPSA) is 44.4 Å². The lowest BCUT2D eigenvalue weighted by atomic mass is 9.83. The van der Waals surface area contributed by atoms with Crippen LogP contribution < -0.4 is 15.5 Å². The molecule has 0 radical (unpaired) electrons. The molecule has 4 nitrogen and oxygen atoms in total. The Morgan fingerprint density at radius 2 is 1.96 bits per heavy atom. The molecule has 0 unspecified atom stereocenters. The van der Waals surface area contributed by atoms with E-state index in [2.05, 4.69) is 17.6 Å². The van der Waals surface area contributed by atoms with Crippen LogP contribution in [0.5, 0.6) is 0 Å². The predicted octanol–water partition coefficient (Wildman–Crippen LogP) is 4.13. The molecule has 0 bridgehead atoms. The lowest BCUT2D eigenvalue weighted by Crippen LogP contribution is -2.48. The Hall–Kier alpha value is -1.62. The van der Waals surface area contributed by atoms with Crippen LogP contribution in [0.15, 0.2) is 18.2 Å². The minimum atomic E-state index is 0.0980. The van der Waals surface area contributed by atoms with Crippen molar-refractivity contribution in [3.05, 3.63) is 23.8 Å². The summed E-state index contributed by atoms with van der Waals surface area (Å²) in [4.78, 5) is 13.9. The first-order valence-corrected chi connectivity index (χ1v) is 9.38. The van der Waals surface area contributed by atoms with Crippen LogP contribution in [0, 0.1) is 6.92 Å². The number of carbonyl (C=O) groups excluding carboxylic acids is 1. The molecule has 1 saturated heterocycles. The molecule has 1 aliphatic carbocycles. The normalized spacial score (nSPS) is 20.1. The molecular weight excluding hydrogens is 318 g/mol. The van der Waals surface area contributed by atoms with Crippen molar-refractivity contribution in [1.29, 1.82) is 0 Å². The monoisotopic (exact) mass is 345 g/mol. The molecule has 1 aromatic rings. The number of nitrogens with one attached hydrogen (secondary N) is 2. The number of anilines is 2. The van der Waals surface area contributed by atoms with Crippen molar-refractivity contribution < 1.29 is 4.79 Å². The summed E-state index contributed by atoms with van der Waals surface area (Å²) in [5, 5.41) is 7.47. The minimum absolute atomic E-state index is 0.0980. The van der Waals surface area contributed by atoms with E-state index in [1.807, 2.05) is 30.0 Å². The van der Waals surface area contributed by atoms with Crippen molar-refractivity contribution in [3.8, 4) is 0 Å². The van der Waals surface area contributed by atoms with Crippen LogP contribution in [-0.2, 0) is 4.79 Å². The van der Waals surface area contributed by atoms with E-state index in [1.54, 1.807) is 0 Å². The van der Waals surface area contributed by atoms with Gasteiger partial charge in [-0.15, -0.1) is 0 Å².